The molecule has 2 saturated heterocycles. The maximum atomic E-state index is 12.3. The van der Waals surface area contributed by atoms with E-state index in [1.165, 1.54) is 6.42 Å². The molecular formula is C14H24N4O. The van der Waals surface area contributed by atoms with Crippen LogP contribution in [0.25, 0.3) is 0 Å². The van der Waals surface area contributed by atoms with Crippen LogP contribution >= 0.6 is 0 Å². The number of amides is 2. The van der Waals surface area contributed by atoms with E-state index >= 15 is 0 Å². The summed E-state index contributed by atoms with van der Waals surface area (Å²) in [5.74, 6) is 0. The van der Waals surface area contributed by atoms with Crippen molar-refractivity contribution in [3.05, 3.63) is 0 Å². The average Bonchev–Trinajstić information content (AvgIpc) is 2.49. The van der Waals surface area contributed by atoms with Crippen molar-refractivity contribution >= 4 is 6.03 Å². The van der Waals surface area contributed by atoms with E-state index in [9.17, 15) is 4.79 Å². The summed E-state index contributed by atoms with van der Waals surface area (Å²) in [5.41, 5.74) is 0. The number of hydrogen-bond donors (Lipinski definition) is 0. The first-order chi connectivity index (χ1) is 9.26. The molecule has 2 amide bonds. The van der Waals surface area contributed by atoms with Crippen LogP contribution in [0.1, 0.15) is 32.6 Å². The van der Waals surface area contributed by atoms with Gasteiger partial charge in [0.25, 0.3) is 0 Å². The highest BCUT2D eigenvalue weighted by Gasteiger charge is 2.28. The van der Waals surface area contributed by atoms with Crippen LogP contribution < -0.4 is 0 Å². The second-order valence-corrected chi connectivity index (χ2v) is 5.41. The molecule has 5 heteroatoms. The van der Waals surface area contributed by atoms with Crippen LogP contribution in [-0.4, -0.2) is 66.0 Å². The Morgan fingerprint density at radius 1 is 1.05 bits per heavy atom. The smallest absolute Gasteiger partial charge is 0.320 e. The lowest BCUT2D eigenvalue weighted by molar-refractivity contribution is 0.0972. The second kappa shape index (κ2) is 6.76. The number of likely N-dealkylation sites (tertiary alicyclic amines) is 1. The van der Waals surface area contributed by atoms with E-state index in [2.05, 4.69) is 11.0 Å². The first kappa shape index (κ1) is 14.1. The molecule has 2 heterocycles. The molecule has 0 radical (unpaired) electrons. The first-order valence-electron chi connectivity index (χ1n) is 7.43. The lowest BCUT2D eigenvalue weighted by Crippen LogP contribution is -2.55. The van der Waals surface area contributed by atoms with E-state index in [4.69, 9.17) is 5.26 Å². The van der Waals surface area contributed by atoms with Gasteiger partial charge in [0.15, 0.2) is 0 Å². The van der Waals surface area contributed by atoms with Gasteiger partial charge in [-0.25, -0.2) is 4.79 Å². The molecule has 0 aliphatic carbocycles. The molecule has 106 valence electrons. The molecule has 0 N–H and O–H groups in total. The quantitative estimate of drug-likeness (QED) is 0.759. The van der Waals surface area contributed by atoms with E-state index < -0.39 is 0 Å². The summed E-state index contributed by atoms with van der Waals surface area (Å²) in [5, 5.41) is 9.08. The Balaban J connectivity index is 1.82. The third-order valence-electron chi connectivity index (χ3n) is 4.19. The zero-order valence-electron chi connectivity index (χ0n) is 11.8. The molecule has 0 aromatic carbocycles. The highest BCUT2D eigenvalue weighted by Crippen LogP contribution is 2.14. The summed E-state index contributed by atoms with van der Waals surface area (Å²) >= 11 is 0. The Morgan fingerprint density at radius 3 is 2.16 bits per heavy atom. The van der Waals surface area contributed by atoms with Gasteiger partial charge in [-0.2, -0.15) is 5.26 Å². The number of piperazine rings is 1. The van der Waals surface area contributed by atoms with E-state index in [1.807, 2.05) is 16.7 Å². The molecule has 1 atom stereocenters. The average molecular weight is 264 g/mol. The Morgan fingerprint density at radius 2 is 1.63 bits per heavy atom. The van der Waals surface area contributed by atoms with Crippen LogP contribution in [0.3, 0.4) is 0 Å². The minimum Gasteiger partial charge on any atom is -0.325 e. The van der Waals surface area contributed by atoms with Gasteiger partial charge in [0.2, 0.25) is 0 Å². The van der Waals surface area contributed by atoms with Gasteiger partial charge in [0.1, 0.15) is 0 Å². The van der Waals surface area contributed by atoms with E-state index in [1.54, 1.807) is 0 Å². The van der Waals surface area contributed by atoms with Crippen LogP contribution in [0.4, 0.5) is 4.79 Å². The van der Waals surface area contributed by atoms with Gasteiger partial charge < -0.3 is 9.80 Å². The minimum atomic E-state index is 0.00670. The lowest BCUT2D eigenvalue weighted by Gasteiger charge is -2.39. The molecule has 5 nitrogen and oxygen atoms in total. The molecule has 0 saturated carbocycles. The number of nitriles is 1. The molecule has 2 aliphatic heterocycles. The molecule has 0 aromatic heterocycles. The Labute approximate surface area is 115 Å². The molecule has 2 rings (SSSR count). The van der Waals surface area contributed by atoms with Gasteiger partial charge in [-0.15, -0.1) is 0 Å². The summed E-state index contributed by atoms with van der Waals surface area (Å²) in [6, 6.07) is 2.55. The van der Waals surface area contributed by atoms with Crippen molar-refractivity contribution in [3.8, 4) is 6.07 Å². The molecule has 19 heavy (non-hydrogen) atoms. The number of piperidine rings is 1. The molecular weight excluding hydrogens is 240 g/mol. The van der Waals surface area contributed by atoms with E-state index in [0.29, 0.717) is 0 Å². The van der Waals surface area contributed by atoms with Crippen molar-refractivity contribution in [1.29, 1.82) is 5.26 Å². The fourth-order valence-corrected chi connectivity index (χ4v) is 2.94. The Bertz CT molecular complexity index is 338. The van der Waals surface area contributed by atoms with Gasteiger partial charge >= 0.3 is 6.03 Å². The molecule has 2 fully saturated rings. The maximum Gasteiger partial charge on any atom is 0.320 e. The number of carbonyl (C=O) groups excluding carboxylic acids is 1. The maximum absolute atomic E-state index is 12.3. The predicted octanol–water partition coefficient (Wildman–Crippen LogP) is 1.51. The largest absolute Gasteiger partial charge is 0.325 e. The Kier molecular flexibility index (Phi) is 5.03. The number of carbonyl (C=O) groups is 1. The van der Waals surface area contributed by atoms with Crippen molar-refractivity contribution in [2.45, 2.75) is 38.6 Å². The highest BCUT2D eigenvalue weighted by atomic mass is 16.2. The molecule has 0 bridgehead atoms. The van der Waals surface area contributed by atoms with Crippen LogP contribution in [-0.2, 0) is 0 Å². The number of nitrogens with zero attached hydrogens (tertiary/aromatic N) is 4. The van der Waals surface area contributed by atoms with Gasteiger partial charge in [-0.05, 0) is 25.7 Å². The van der Waals surface area contributed by atoms with Crippen molar-refractivity contribution in [2.75, 3.05) is 39.3 Å². The standard InChI is InChI=1S/C14H24N4O/c1-2-13(12-15)16-8-10-18(11-9-16)14(19)17-6-4-3-5-7-17/h13H,2-11H2,1H3. The minimum absolute atomic E-state index is 0.00670. The van der Waals surface area contributed by atoms with Crippen molar-refractivity contribution in [1.82, 2.24) is 14.7 Å². The van der Waals surface area contributed by atoms with Gasteiger partial charge in [-0.3, -0.25) is 4.90 Å². The van der Waals surface area contributed by atoms with E-state index in [0.717, 1.165) is 58.5 Å². The number of hydrogen-bond acceptors (Lipinski definition) is 3. The van der Waals surface area contributed by atoms with E-state index in [-0.39, 0.29) is 12.1 Å². The fourth-order valence-electron chi connectivity index (χ4n) is 2.94. The molecule has 2 aliphatic rings. The zero-order valence-corrected chi connectivity index (χ0v) is 11.8. The summed E-state index contributed by atoms with van der Waals surface area (Å²) < 4.78 is 0. The summed E-state index contributed by atoms with van der Waals surface area (Å²) in [4.78, 5) is 18.5. The van der Waals surface area contributed by atoms with Gasteiger partial charge in [0, 0.05) is 39.3 Å². The topological polar surface area (TPSA) is 50.6 Å². The monoisotopic (exact) mass is 264 g/mol. The second-order valence-electron chi connectivity index (χ2n) is 5.41. The summed E-state index contributed by atoms with van der Waals surface area (Å²) in [7, 11) is 0. The fraction of sp³-hybridized carbons (Fsp3) is 0.857. The highest BCUT2D eigenvalue weighted by molar-refractivity contribution is 5.74. The normalized spacial score (nSPS) is 22.9. The number of urea groups is 1. The van der Waals surface area contributed by atoms with Crippen LogP contribution in [0, 0.1) is 11.3 Å². The molecule has 0 aromatic rings. The van der Waals surface area contributed by atoms with Gasteiger partial charge in [-0.1, -0.05) is 6.92 Å². The van der Waals surface area contributed by atoms with Crippen LogP contribution in [0.5, 0.6) is 0 Å². The number of rotatable bonds is 2. The van der Waals surface area contributed by atoms with Gasteiger partial charge in [0.05, 0.1) is 12.1 Å². The lowest BCUT2D eigenvalue weighted by atomic mass is 10.1. The molecule has 0 spiro atoms. The predicted molar refractivity (Wildman–Crippen MR) is 73.7 cm³/mol. The third-order valence-corrected chi connectivity index (χ3v) is 4.19. The van der Waals surface area contributed by atoms with Crippen molar-refractivity contribution < 1.29 is 4.79 Å². The summed E-state index contributed by atoms with van der Waals surface area (Å²) in [6.07, 6.45) is 4.38. The first-order valence-corrected chi connectivity index (χ1v) is 7.43. The van der Waals surface area contributed by atoms with Crippen LogP contribution in [0.2, 0.25) is 0 Å². The molecule has 1 unspecified atom stereocenters. The summed E-state index contributed by atoms with van der Waals surface area (Å²) in [6.45, 7) is 7.03. The zero-order chi connectivity index (χ0) is 13.7. The third kappa shape index (κ3) is 3.38. The van der Waals surface area contributed by atoms with Crippen molar-refractivity contribution in [2.24, 2.45) is 0 Å². The van der Waals surface area contributed by atoms with Crippen LogP contribution in [0.15, 0.2) is 0 Å². The SMILES string of the molecule is CCC(C#N)N1CCN(C(=O)N2CCCCC2)CC1. The Hall–Kier alpha value is -1.28. The van der Waals surface area contributed by atoms with Crippen molar-refractivity contribution in [3.63, 3.8) is 0 Å².